The molecule has 1 aromatic rings. The highest BCUT2D eigenvalue weighted by molar-refractivity contribution is 5.79. The number of fused-ring (bicyclic) bond motifs is 1. The zero-order chi connectivity index (χ0) is 18.7. The highest BCUT2D eigenvalue weighted by atomic mass is 19.3. The molecule has 6 heteroatoms. The number of benzene rings is 1. The van der Waals surface area contributed by atoms with Crippen LogP contribution < -0.4 is 5.32 Å². The van der Waals surface area contributed by atoms with Gasteiger partial charge < -0.3 is 10.4 Å². The number of amides is 1. The lowest BCUT2D eigenvalue weighted by Gasteiger charge is -2.22. The molecule has 2 aliphatic rings. The van der Waals surface area contributed by atoms with Gasteiger partial charge in [0.1, 0.15) is 0 Å². The molecule has 142 valence electrons. The number of halogens is 2. The number of carboxylic acid groups (broad SMARTS) is 1. The van der Waals surface area contributed by atoms with Gasteiger partial charge in [-0.15, -0.1) is 0 Å². The Hall–Kier alpha value is -1.98. The largest absolute Gasteiger partial charge is 0.481 e. The van der Waals surface area contributed by atoms with Crippen molar-refractivity contribution in [3.05, 3.63) is 35.9 Å². The summed E-state index contributed by atoms with van der Waals surface area (Å²) in [7, 11) is 0. The highest BCUT2D eigenvalue weighted by Crippen LogP contribution is 2.61. The van der Waals surface area contributed by atoms with Gasteiger partial charge >= 0.3 is 5.97 Å². The second kappa shape index (κ2) is 7.72. The van der Waals surface area contributed by atoms with Crippen molar-refractivity contribution in [2.75, 3.05) is 0 Å². The number of hydrogen-bond acceptors (Lipinski definition) is 2. The van der Waals surface area contributed by atoms with Crippen molar-refractivity contribution >= 4 is 11.9 Å². The van der Waals surface area contributed by atoms with E-state index in [0.29, 0.717) is 38.5 Å². The zero-order valence-corrected chi connectivity index (χ0v) is 14.7. The summed E-state index contributed by atoms with van der Waals surface area (Å²) in [5.41, 5.74) is 1.03. The van der Waals surface area contributed by atoms with Crippen LogP contribution in [0.4, 0.5) is 8.78 Å². The molecule has 1 amide bonds. The monoisotopic (exact) mass is 365 g/mol. The van der Waals surface area contributed by atoms with Crippen molar-refractivity contribution < 1.29 is 23.5 Å². The molecule has 0 bridgehead atoms. The maximum atomic E-state index is 13.5. The molecule has 4 nitrogen and oxygen atoms in total. The maximum Gasteiger partial charge on any atom is 0.303 e. The molecular weight excluding hydrogens is 340 g/mol. The van der Waals surface area contributed by atoms with E-state index in [4.69, 9.17) is 5.11 Å². The lowest BCUT2D eigenvalue weighted by Crippen LogP contribution is -2.40. The second-order valence-electron chi connectivity index (χ2n) is 7.57. The molecule has 0 aromatic heterocycles. The Kier molecular flexibility index (Phi) is 5.58. The molecule has 2 saturated carbocycles. The van der Waals surface area contributed by atoms with E-state index in [1.165, 1.54) is 0 Å². The van der Waals surface area contributed by atoms with E-state index in [1.807, 2.05) is 30.3 Å². The van der Waals surface area contributed by atoms with E-state index >= 15 is 0 Å². The lowest BCUT2D eigenvalue weighted by molar-refractivity contribution is -0.137. The molecule has 0 saturated heterocycles. The molecule has 2 N–H and O–H groups in total. The third kappa shape index (κ3) is 4.40. The van der Waals surface area contributed by atoms with Crippen molar-refractivity contribution in [2.24, 2.45) is 17.8 Å². The standard InChI is InChI=1S/C20H25F2NO3/c21-20(22)16-9-6-14(7-10-17(16)20)19(26)23-15(8-11-18(24)25)12-13-4-2-1-3-5-13/h1-5,14-17H,6-12H2,(H,23,26)(H,24,25). The fourth-order valence-electron chi connectivity index (χ4n) is 4.16. The van der Waals surface area contributed by atoms with Gasteiger partial charge in [-0.25, -0.2) is 8.78 Å². The molecular formula is C20H25F2NO3. The first-order valence-corrected chi connectivity index (χ1v) is 9.32. The molecule has 3 atom stereocenters. The van der Waals surface area contributed by atoms with Crippen molar-refractivity contribution in [1.29, 1.82) is 0 Å². The number of carbonyl (C=O) groups excluding carboxylic acids is 1. The smallest absolute Gasteiger partial charge is 0.303 e. The minimum Gasteiger partial charge on any atom is -0.481 e. The average Bonchev–Trinajstić information content (AvgIpc) is 3.22. The van der Waals surface area contributed by atoms with Crippen molar-refractivity contribution in [3.8, 4) is 0 Å². The van der Waals surface area contributed by atoms with Crippen LogP contribution in [0.5, 0.6) is 0 Å². The summed E-state index contributed by atoms with van der Waals surface area (Å²) >= 11 is 0. The van der Waals surface area contributed by atoms with Gasteiger partial charge in [-0.2, -0.15) is 0 Å². The molecule has 26 heavy (non-hydrogen) atoms. The predicted octanol–water partition coefficient (Wildman–Crippen LogP) is 3.65. The van der Waals surface area contributed by atoms with Crippen LogP contribution in [0.1, 0.15) is 44.1 Å². The topological polar surface area (TPSA) is 66.4 Å². The molecule has 3 rings (SSSR count). The Morgan fingerprint density at radius 3 is 2.31 bits per heavy atom. The van der Waals surface area contributed by atoms with Gasteiger partial charge in [0, 0.05) is 30.2 Å². The van der Waals surface area contributed by atoms with Crippen molar-refractivity contribution in [1.82, 2.24) is 5.32 Å². The molecule has 3 unspecified atom stereocenters. The first kappa shape index (κ1) is 18.8. The normalized spacial score (nSPS) is 27.7. The third-order valence-corrected chi connectivity index (χ3v) is 5.77. The Labute approximate surface area is 152 Å². The molecule has 1 aromatic carbocycles. The van der Waals surface area contributed by atoms with E-state index < -0.39 is 23.7 Å². The Balaban J connectivity index is 1.56. The van der Waals surface area contributed by atoms with Gasteiger partial charge in [-0.3, -0.25) is 9.59 Å². The summed E-state index contributed by atoms with van der Waals surface area (Å²) < 4.78 is 27.0. The van der Waals surface area contributed by atoms with E-state index in [2.05, 4.69) is 5.32 Å². The molecule has 2 aliphatic carbocycles. The van der Waals surface area contributed by atoms with E-state index in [9.17, 15) is 18.4 Å². The predicted molar refractivity (Wildman–Crippen MR) is 92.8 cm³/mol. The van der Waals surface area contributed by atoms with Crippen LogP contribution in [-0.4, -0.2) is 28.9 Å². The third-order valence-electron chi connectivity index (χ3n) is 5.77. The lowest BCUT2D eigenvalue weighted by atomic mass is 9.95. The molecule has 2 fully saturated rings. The van der Waals surface area contributed by atoms with Crippen molar-refractivity contribution in [2.45, 2.75) is 56.9 Å². The molecule has 0 spiro atoms. The minimum absolute atomic E-state index is 0.0151. The van der Waals surface area contributed by atoms with Crippen LogP contribution in [0.15, 0.2) is 30.3 Å². The summed E-state index contributed by atoms with van der Waals surface area (Å²) in [6.45, 7) is 0. The SMILES string of the molecule is O=C(O)CCC(Cc1ccccc1)NC(=O)C1CCC2C(CC1)C2(F)F. The Morgan fingerprint density at radius 1 is 1.12 bits per heavy atom. The first-order chi connectivity index (χ1) is 12.4. The quantitative estimate of drug-likeness (QED) is 0.775. The number of rotatable bonds is 7. The number of carbonyl (C=O) groups is 2. The fourth-order valence-corrected chi connectivity index (χ4v) is 4.16. The van der Waals surface area contributed by atoms with Gasteiger partial charge in [0.25, 0.3) is 5.92 Å². The van der Waals surface area contributed by atoms with Crippen LogP contribution in [0, 0.1) is 17.8 Å². The molecule has 0 heterocycles. The van der Waals surface area contributed by atoms with Gasteiger partial charge in [0.2, 0.25) is 5.91 Å². The van der Waals surface area contributed by atoms with Gasteiger partial charge in [-0.05, 0) is 44.1 Å². The molecule has 0 radical (unpaired) electrons. The fraction of sp³-hybridized carbons (Fsp3) is 0.600. The van der Waals surface area contributed by atoms with Gasteiger partial charge in [0.05, 0.1) is 0 Å². The summed E-state index contributed by atoms with van der Waals surface area (Å²) in [6.07, 6.45) is 2.67. The van der Waals surface area contributed by atoms with Crippen LogP contribution in [0.3, 0.4) is 0 Å². The minimum atomic E-state index is -2.53. The van der Waals surface area contributed by atoms with Crippen LogP contribution in [-0.2, 0) is 16.0 Å². The number of nitrogens with one attached hydrogen (secondary N) is 1. The van der Waals surface area contributed by atoms with Crippen LogP contribution >= 0.6 is 0 Å². The average molecular weight is 365 g/mol. The van der Waals surface area contributed by atoms with Crippen LogP contribution in [0.25, 0.3) is 0 Å². The van der Waals surface area contributed by atoms with E-state index in [1.54, 1.807) is 0 Å². The summed E-state index contributed by atoms with van der Waals surface area (Å²) in [6, 6.07) is 9.34. The number of carboxylic acids is 1. The maximum absolute atomic E-state index is 13.5. The number of aliphatic carboxylic acids is 1. The van der Waals surface area contributed by atoms with E-state index in [0.717, 1.165) is 5.56 Å². The molecule has 0 aliphatic heterocycles. The Morgan fingerprint density at radius 2 is 1.73 bits per heavy atom. The summed E-state index contributed by atoms with van der Waals surface area (Å²) in [4.78, 5) is 23.5. The Bertz CT molecular complexity index is 634. The van der Waals surface area contributed by atoms with Gasteiger partial charge in [0.15, 0.2) is 0 Å². The summed E-state index contributed by atoms with van der Waals surface area (Å²) in [5.74, 6) is -4.89. The first-order valence-electron chi connectivity index (χ1n) is 9.32. The van der Waals surface area contributed by atoms with Crippen LogP contribution in [0.2, 0.25) is 0 Å². The van der Waals surface area contributed by atoms with Crippen molar-refractivity contribution in [3.63, 3.8) is 0 Å². The summed E-state index contributed by atoms with van der Waals surface area (Å²) in [5, 5.41) is 11.9. The van der Waals surface area contributed by atoms with E-state index in [-0.39, 0.29) is 24.3 Å². The highest BCUT2D eigenvalue weighted by Gasteiger charge is 2.67. The second-order valence-corrected chi connectivity index (χ2v) is 7.57. The number of hydrogen-bond donors (Lipinski definition) is 2. The number of alkyl halides is 2. The van der Waals surface area contributed by atoms with Gasteiger partial charge in [-0.1, -0.05) is 30.3 Å². The zero-order valence-electron chi connectivity index (χ0n) is 14.7.